The minimum Gasteiger partial charge on any atom is -0.490 e. The molecule has 0 atom stereocenters. The topological polar surface area (TPSA) is 41.6 Å². The first-order valence-electron chi connectivity index (χ1n) is 8.58. The van der Waals surface area contributed by atoms with Crippen molar-refractivity contribution in [1.82, 2.24) is 4.90 Å². The number of nitrogens with zero attached hydrogens (tertiary/aromatic N) is 1. The second-order valence-electron chi connectivity index (χ2n) is 6.46. The highest BCUT2D eigenvalue weighted by Gasteiger charge is 2.17. The number of amides is 1. The number of carbonyl (C=O) groups excluding carboxylic acids is 1. The van der Waals surface area contributed by atoms with Crippen LogP contribution in [0.1, 0.15) is 18.4 Å². The second kappa shape index (κ2) is 8.37. The zero-order valence-electron chi connectivity index (χ0n) is 14.4. The molecule has 1 N–H and O–H groups in total. The van der Waals surface area contributed by atoms with Crippen LogP contribution >= 0.6 is 11.6 Å². The predicted molar refractivity (Wildman–Crippen MR) is 101 cm³/mol. The summed E-state index contributed by atoms with van der Waals surface area (Å²) < 4.78 is 6.02. The van der Waals surface area contributed by atoms with Gasteiger partial charge in [0.25, 0.3) is 0 Å². The van der Waals surface area contributed by atoms with Gasteiger partial charge in [0.05, 0.1) is 6.42 Å². The van der Waals surface area contributed by atoms with E-state index in [1.165, 1.54) is 0 Å². The number of piperidine rings is 1. The van der Waals surface area contributed by atoms with Crippen LogP contribution in [0.5, 0.6) is 5.75 Å². The highest BCUT2D eigenvalue weighted by atomic mass is 35.5. The van der Waals surface area contributed by atoms with Crippen molar-refractivity contribution in [3.05, 3.63) is 59.1 Å². The number of hydrogen-bond acceptors (Lipinski definition) is 3. The number of benzene rings is 2. The van der Waals surface area contributed by atoms with E-state index in [0.717, 1.165) is 42.9 Å². The maximum atomic E-state index is 12.2. The molecule has 2 aromatic rings. The Labute approximate surface area is 153 Å². The zero-order valence-corrected chi connectivity index (χ0v) is 15.1. The van der Waals surface area contributed by atoms with E-state index < -0.39 is 0 Å². The number of nitrogens with one attached hydrogen (secondary N) is 1. The molecule has 1 amide bonds. The second-order valence-corrected chi connectivity index (χ2v) is 6.87. The first-order valence-corrected chi connectivity index (χ1v) is 8.96. The monoisotopic (exact) mass is 358 g/mol. The third-order valence-corrected chi connectivity index (χ3v) is 4.78. The molecule has 0 bridgehead atoms. The third kappa shape index (κ3) is 5.21. The molecule has 0 spiro atoms. The molecule has 0 radical (unpaired) electrons. The zero-order chi connectivity index (χ0) is 17.6. The summed E-state index contributed by atoms with van der Waals surface area (Å²) in [5, 5.41) is 3.51. The molecule has 2 aromatic carbocycles. The standard InChI is InChI=1S/C20H23ClN2O2/c1-23-12-10-18(11-13-23)25-17-8-6-16(7-9-17)22-20(24)14-15-4-2-3-5-19(15)21/h2-9,18H,10-14H2,1H3,(H,22,24). The van der Waals surface area contributed by atoms with E-state index in [1.807, 2.05) is 42.5 Å². The van der Waals surface area contributed by atoms with E-state index in [0.29, 0.717) is 5.02 Å². The van der Waals surface area contributed by atoms with Gasteiger partial charge in [0.2, 0.25) is 5.91 Å². The van der Waals surface area contributed by atoms with Gasteiger partial charge < -0.3 is 15.0 Å². The van der Waals surface area contributed by atoms with E-state index in [1.54, 1.807) is 6.07 Å². The minimum atomic E-state index is -0.0860. The van der Waals surface area contributed by atoms with E-state index in [4.69, 9.17) is 16.3 Å². The minimum absolute atomic E-state index is 0.0860. The van der Waals surface area contributed by atoms with E-state index >= 15 is 0 Å². The molecule has 0 aromatic heterocycles. The molecule has 1 saturated heterocycles. The SMILES string of the molecule is CN1CCC(Oc2ccc(NC(=O)Cc3ccccc3Cl)cc2)CC1. The van der Waals surface area contributed by atoms with Gasteiger partial charge in [0.1, 0.15) is 11.9 Å². The number of halogens is 1. The lowest BCUT2D eigenvalue weighted by Gasteiger charge is -2.29. The number of ether oxygens (including phenoxy) is 1. The van der Waals surface area contributed by atoms with E-state index in [2.05, 4.69) is 17.3 Å². The lowest BCUT2D eigenvalue weighted by molar-refractivity contribution is -0.115. The van der Waals surface area contributed by atoms with Crippen molar-refractivity contribution >= 4 is 23.2 Å². The van der Waals surface area contributed by atoms with E-state index in [9.17, 15) is 4.79 Å². The van der Waals surface area contributed by atoms with Gasteiger partial charge >= 0.3 is 0 Å². The number of likely N-dealkylation sites (tertiary alicyclic amines) is 1. The van der Waals surface area contributed by atoms with Crippen molar-refractivity contribution in [2.24, 2.45) is 0 Å². The van der Waals surface area contributed by atoms with Crippen molar-refractivity contribution in [3.63, 3.8) is 0 Å². The lowest BCUT2D eigenvalue weighted by atomic mass is 10.1. The smallest absolute Gasteiger partial charge is 0.228 e. The lowest BCUT2D eigenvalue weighted by Crippen LogP contribution is -2.35. The van der Waals surface area contributed by atoms with Crippen LogP contribution in [0.4, 0.5) is 5.69 Å². The summed E-state index contributed by atoms with van der Waals surface area (Å²) in [5.74, 6) is 0.760. The van der Waals surface area contributed by atoms with Crippen molar-refractivity contribution in [3.8, 4) is 5.75 Å². The van der Waals surface area contributed by atoms with Crippen molar-refractivity contribution in [1.29, 1.82) is 0 Å². The highest BCUT2D eigenvalue weighted by Crippen LogP contribution is 2.21. The van der Waals surface area contributed by atoms with Gasteiger partial charge in [-0.2, -0.15) is 0 Å². The van der Waals surface area contributed by atoms with Crippen molar-refractivity contribution < 1.29 is 9.53 Å². The number of rotatable bonds is 5. The molecule has 1 aliphatic rings. The van der Waals surface area contributed by atoms with Crippen LogP contribution in [-0.4, -0.2) is 37.0 Å². The first-order chi connectivity index (χ1) is 12.1. The van der Waals surface area contributed by atoms with Gasteiger partial charge in [0.15, 0.2) is 0 Å². The van der Waals surface area contributed by atoms with E-state index in [-0.39, 0.29) is 18.4 Å². The first kappa shape index (κ1) is 17.8. The van der Waals surface area contributed by atoms with Gasteiger partial charge in [-0.05, 0) is 55.8 Å². The van der Waals surface area contributed by atoms with Gasteiger partial charge in [-0.3, -0.25) is 4.79 Å². The molecule has 1 heterocycles. The molecule has 1 fully saturated rings. The third-order valence-electron chi connectivity index (χ3n) is 4.42. The quantitative estimate of drug-likeness (QED) is 0.878. The Balaban J connectivity index is 1.52. The Morgan fingerprint density at radius 1 is 1.16 bits per heavy atom. The Morgan fingerprint density at radius 2 is 1.84 bits per heavy atom. The van der Waals surface area contributed by atoms with Crippen molar-refractivity contribution in [2.45, 2.75) is 25.4 Å². The fourth-order valence-corrected chi connectivity index (χ4v) is 3.13. The molecule has 0 saturated carbocycles. The summed E-state index contributed by atoms with van der Waals surface area (Å²) in [4.78, 5) is 14.5. The molecular weight excluding hydrogens is 336 g/mol. The maximum absolute atomic E-state index is 12.2. The predicted octanol–water partition coefficient (Wildman–Crippen LogP) is 3.99. The maximum Gasteiger partial charge on any atom is 0.228 e. The van der Waals surface area contributed by atoms with Crippen LogP contribution in [-0.2, 0) is 11.2 Å². The molecule has 0 aliphatic carbocycles. The van der Waals surface area contributed by atoms with Gasteiger partial charge in [-0.25, -0.2) is 0 Å². The average Bonchev–Trinajstić information content (AvgIpc) is 2.61. The van der Waals surface area contributed by atoms with Crippen LogP contribution in [0.3, 0.4) is 0 Å². The summed E-state index contributed by atoms with van der Waals surface area (Å²) >= 11 is 6.09. The molecular formula is C20H23ClN2O2. The Hall–Kier alpha value is -2.04. The molecule has 25 heavy (non-hydrogen) atoms. The van der Waals surface area contributed by atoms with Gasteiger partial charge in [0, 0.05) is 23.8 Å². The Bertz CT molecular complexity index is 710. The summed E-state index contributed by atoms with van der Waals surface area (Å²) in [6.45, 7) is 2.14. The molecule has 132 valence electrons. The fraction of sp³-hybridized carbons (Fsp3) is 0.350. The highest BCUT2D eigenvalue weighted by molar-refractivity contribution is 6.31. The summed E-state index contributed by atoms with van der Waals surface area (Å²) in [6, 6.07) is 14.9. The molecule has 3 rings (SSSR count). The molecule has 5 heteroatoms. The number of carbonyl (C=O) groups is 1. The molecule has 4 nitrogen and oxygen atoms in total. The Kier molecular flexibility index (Phi) is 5.95. The van der Waals surface area contributed by atoms with Crippen LogP contribution < -0.4 is 10.1 Å². The Morgan fingerprint density at radius 3 is 2.52 bits per heavy atom. The normalized spacial score (nSPS) is 15.8. The fourth-order valence-electron chi connectivity index (χ4n) is 2.93. The van der Waals surface area contributed by atoms with Gasteiger partial charge in [-0.15, -0.1) is 0 Å². The van der Waals surface area contributed by atoms with Crippen LogP contribution in [0, 0.1) is 0 Å². The number of anilines is 1. The van der Waals surface area contributed by atoms with Crippen molar-refractivity contribution in [2.75, 3.05) is 25.5 Å². The summed E-state index contributed by atoms with van der Waals surface area (Å²) in [7, 11) is 2.14. The van der Waals surface area contributed by atoms with Crippen LogP contribution in [0.2, 0.25) is 5.02 Å². The van der Waals surface area contributed by atoms with Crippen LogP contribution in [0.15, 0.2) is 48.5 Å². The summed E-state index contributed by atoms with van der Waals surface area (Å²) in [5.41, 5.74) is 1.58. The summed E-state index contributed by atoms with van der Waals surface area (Å²) in [6.07, 6.45) is 2.63. The number of hydrogen-bond donors (Lipinski definition) is 1. The molecule has 1 aliphatic heterocycles. The average molecular weight is 359 g/mol. The molecule has 0 unspecified atom stereocenters. The van der Waals surface area contributed by atoms with Crippen LogP contribution in [0.25, 0.3) is 0 Å². The van der Waals surface area contributed by atoms with Gasteiger partial charge in [-0.1, -0.05) is 29.8 Å². The largest absolute Gasteiger partial charge is 0.490 e.